The molecule has 0 N–H and O–H groups in total. The molecule has 0 bridgehead atoms. The fourth-order valence-corrected chi connectivity index (χ4v) is 1.20. The highest BCUT2D eigenvalue weighted by molar-refractivity contribution is 6.33. The zero-order valence-corrected chi connectivity index (χ0v) is 7.62. The van der Waals surface area contributed by atoms with Crippen molar-refractivity contribution in [3.63, 3.8) is 0 Å². The Morgan fingerprint density at radius 2 is 2.15 bits per heavy atom. The fourth-order valence-electron chi connectivity index (χ4n) is 1.01. The molecule has 66 valence electrons. The number of halogens is 1. The predicted molar refractivity (Wildman–Crippen MR) is 48.9 cm³/mol. The van der Waals surface area contributed by atoms with Gasteiger partial charge in [0.2, 0.25) is 0 Å². The summed E-state index contributed by atoms with van der Waals surface area (Å²) in [5.41, 5.74) is 1.27. The Morgan fingerprint density at radius 1 is 1.31 bits per heavy atom. The number of ether oxygens (including phenoxy) is 1. The number of pyridine rings is 1. The molecule has 13 heavy (non-hydrogen) atoms. The molecule has 5 heteroatoms. The molecular formula is C8H6ClN3O. The maximum absolute atomic E-state index is 5.80. The van der Waals surface area contributed by atoms with Gasteiger partial charge in [-0.15, -0.1) is 0 Å². The molecule has 2 aromatic heterocycles. The second kappa shape index (κ2) is 3.14. The first-order chi connectivity index (χ1) is 6.31. The van der Waals surface area contributed by atoms with Crippen LogP contribution in [0, 0.1) is 0 Å². The van der Waals surface area contributed by atoms with Crippen LogP contribution in [0.3, 0.4) is 0 Å². The summed E-state index contributed by atoms with van der Waals surface area (Å²) in [5.74, 6) is 0.655. The predicted octanol–water partition coefficient (Wildman–Crippen LogP) is 1.69. The molecule has 0 saturated carbocycles. The molecule has 0 aliphatic heterocycles. The van der Waals surface area contributed by atoms with Crippen LogP contribution in [0.4, 0.5) is 0 Å². The molecule has 0 aromatic carbocycles. The standard InChI is InChI=1S/C8H6ClN3O/c1-13-5-2-6-7(10-3-5)8(9)12-4-11-6/h2-4H,1H3. The van der Waals surface area contributed by atoms with Gasteiger partial charge < -0.3 is 4.74 Å². The van der Waals surface area contributed by atoms with Gasteiger partial charge in [0, 0.05) is 6.07 Å². The van der Waals surface area contributed by atoms with E-state index in [4.69, 9.17) is 16.3 Å². The lowest BCUT2D eigenvalue weighted by atomic mass is 10.3. The van der Waals surface area contributed by atoms with Gasteiger partial charge in [-0.25, -0.2) is 15.0 Å². The normalized spacial score (nSPS) is 10.3. The molecule has 2 heterocycles. The number of methoxy groups -OCH3 is 1. The van der Waals surface area contributed by atoms with Crippen molar-refractivity contribution in [3.05, 3.63) is 23.7 Å². The number of nitrogens with zero attached hydrogens (tertiary/aromatic N) is 3. The quantitative estimate of drug-likeness (QED) is 0.650. The van der Waals surface area contributed by atoms with Crippen LogP contribution in [0.1, 0.15) is 0 Å². The van der Waals surface area contributed by atoms with Crippen LogP contribution in [0.2, 0.25) is 5.15 Å². The highest BCUT2D eigenvalue weighted by Crippen LogP contribution is 2.20. The molecule has 4 nitrogen and oxygen atoms in total. The summed E-state index contributed by atoms with van der Waals surface area (Å²) in [5, 5.41) is 0.354. The SMILES string of the molecule is COc1cnc2c(Cl)ncnc2c1. The van der Waals surface area contributed by atoms with Crippen LogP contribution < -0.4 is 4.74 Å². The topological polar surface area (TPSA) is 47.9 Å². The third kappa shape index (κ3) is 1.40. The number of hydrogen-bond acceptors (Lipinski definition) is 4. The van der Waals surface area contributed by atoms with Crippen LogP contribution >= 0.6 is 11.6 Å². The van der Waals surface area contributed by atoms with Gasteiger partial charge in [0.1, 0.15) is 17.6 Å². The molecule has 0 saturated heterocycles. The van der Waals surface area contributed by atoms with Gasteiger partial charge in [-0.3, -0.25) is 0 Å². The number of aromatic nitrogens is 3. The fraction of sp³-hybridized carbons (Fsp3) is 0.125. The van der Waals surface area contributed by atoms with Crippen molar-refractivity contribution >= 4 is 22.6 Å². The van der Waals surface area contributed by atoms with Crippen LogP contribution in [0.25, 0.3) is 11.0 Å². The third-order valence-electron chi connectivity index (χ3n) is 1.64. The lowest BCUT2D eigenvalue weighted by Gasteiger charge is -2.00. The Kier molecular flexibility index (Phi) is 1.98. The second-order valence-electron chi connectivity index (χ2n) is 2.41. The molecule has 2 rings (SSSR count). The first kappa shape index (κ1) is 8.19. The molecule has 0 aliphatic rings. The summed E-state index contributed by atoms with van der Waals surface area (Å²) in [6.07, 6.45) is 2.98. The Bertz CT molecular complexity index is 446. The van der Waals surface area contributed by atoms with Crippen molar-refractivity contribution in [2.75, 3.05) is 7.11 Å². The zero-order chi connectivity index (χ0) is 9.26. The summed E-state index contributed by atoms with van der Waals surface area (Å²) in [6, 6.07) is 1.76. The van der Waals surface area contributed by atoms with E-state index < -0.39 is 0 Å². The molecule has 0 unspecified atom stereocenters. The summed E-state index contributed by atoms with van der Waals surface area (Å²) in [6.45, 7) is 0. The molecule has 0 amide bonds. The van der Waals surface area contributed by atoms with Crippen molar-refractivity contribution in [1.82, 2.24) is 15.0 Å². The van der Waals surface area contributed by atoms with E-state index in [-0.39, 0.29) is 0 Å². The lowest BCUT2D eigenvalue weighted by molar-refractivity contribution is 0.413. The van der Waals surface area contributed by atoms with Gasteiger partial charge in [-0.05, 0) is 0 Å². The van der Waals surface area contributed by atoms with Crippen molar-refractivity contribution in [3.8, 4) is 5.75 Å². The first-order valence-electron chi connectivity index (χ1n) is 3.61. The molecule has 2 aromatic rings. The van der Waals surface area contributed by atoms with Gasteiger partial charge in [-0.2, -0.15) is 0 Å². The minimum Gasteiger partial charge on any atom is -0.495 e. The maximum atomic E-state index is 5.80. The van der Waals surface area contributed by atoms with Crippen LogP contribution in [0.15, 0.2) is 18.6 Å². The average Bonchev–Trinajstić information content (AvgIpc) is 2.18. The molecule has 0 fully saturated rings. The highest BCUT2D eigenvalue weighted by Gasteiger charge is 2.03. The zero-order valence-electron chi connectivity index (χ0n) is 6.86. The molecule has 0 spiro atoms. The van der Waals surface area contributed by atoms with Gasteiger partial charge >= 0.3 is 0 Å². The smallest absolute Gasteiger partial charge is 0.158 e. The van der Waals surface area contributed by atoms with E-state index in [1.807, 2.05) is 0 Å². The van der Waals surface area contributed by atoms with Crippen LogP contribution in [-0.2, 0) is 0 Å². The molecular weight excluding hydrogens is 190 g/mol. The summed E-state index contributed by atoms with van der Waals surface area (Å²) < 4.78 is 5.00. The Balaban J connectivity index is 2.72. The van der Waals surface area contributed by atoms with E-state index in [0.717, 1.165) is 0 Å². The molecule has 0 radical (unpaired) electrons. The second-order valence-corrected chi connectivity index (χ2v) is 2.77. The van der Waals surface area contributed by atoms with E-state index >= 15 is 0 Å². The lowest BCUT2D eigenvalue weighted by Crippen LogP contribution is -1.89. The number of rotatable bonds is 1. The maximum Gasteiger partial charge on any atom is 0.158 e. The number of hydrogen-bond donors (Lipinski definition) is 0. The monoisotopic (exact) mass is 195 g/mol. The van der Waals surface area contributed by atoms with Crippen molar-refractivity contribution in [2.24, 2.45) is 0 Å². The average molecular weight is 196 g/mol. The Labute approximate surface area is 79.6 Å². The Hall–Kier alpha value is -1.42. The number of fused-ring (bicyclic) bond motifs is 1. The van der Waals surface area contributed by atoms with Crippen LogP contribution in [0.5, 0.6) is 5.75 Å². The minimum atomic E-state index is 0.354. The summed E-state index contributed by atoms with van der Waals surface area (Å²) >= 11 is 5.80. The first-order valence-corrected chi connectivity index (χ1v) is 3.99. The van der Waals surface area contributed by atoms with Gasteiger partial charge in [0.05, 0.1) is 18.8 Å². The molecule has 0 aliphatic carbocycles. The highest BCUT2D eigenvalue weighted by atomic mass is 35.5. The van der Waals surface area contributed by atoms with Gasteiger partial charge in [-0.1, -0.05) is 11.6 Å². The minimum absolute atomic E-state index is 0.354. The van der Waals surface area contributed by atoms with Crippen molar-refractivity contribution < 1.29 is 4.74 Å². The van der Waals surface area contributed by atoms with Gasteiger partial charge in [0.25, 0.3) is 0 Å². The van der Waals surface area contributed by atoms with E-state index in [1.54, 1.807) is 19.4 Å². The van der Waals surface area contributed by atoms with E-state index in [9.17, 15) is 0 Å². The van der Waals surface area contributed by atoms with E-state index in [0.29, 0.717) is 21.9 Å². The van der Waals surface area contributed by atoms with Crippen molar-refractivity contribution in [1.29, 1.82) is 0 Å². The summed E-state index contributed by atoms with van der Waals surface area (Å²) in [7, 11) is 1.58. The van der Waals surface area contributed by atoms with E-state index in [2.05, 4.69) is 15.0 Å². The molecule has 0 atom stereocenters. The third-order valence-corrected chi connectivity index (χ3v) is 1.92. The van der Waals surface area contributed by atoms with Crippen LogP contribution in [-0.4, -0.2) is 22.1 Å². The largest absolute Gasteiger partial charge is 0.495 e. The van der Waals surface area contributed by atoms with E-state index in [1.165, 1.54) is 6.33 Å². The summed E-state index contributed by atoms with van der Waals surface area (Å²) in [4.78, 5) is 11.9. The Morgan fingerprint density at radius 3 is 2.92 bits per heavy atom. The van der Waals surface area contributed by atoms with Gasteiger partial charge in [0.15, 0.2) is 5.15 Å². The van der Waals surface area contributed by atoms with Crippen molar-refractivity contribution in [2.45, 2.75) is 0 Å².